The number of aryl methyl sites for hydroxylation is 1. The van der Waals surface area contributed by atoms with E-state index in [1.807, 2.05) is 36.4 Å². The maximum absolute atomic E-state index is 10.9. The van der Waals surface area contributed by atoms with Crippen molar-refractivity contribution in [3.8, 4) is 11.5 Å². The fourth-order valence-electron chi connectivity index (χ4n) is 4.25. The van der Waals surface area contributed by atoms with Crippen LogP contribution in [0.25, 0.3) is 0 Å². The maximum atomic E-state index is 10.9. The summed E-state index contributed by atoms with van der Waals surface area (Å²) < 4.78 is 32.6. The van der Waals surface area contributed by atoms with Gasteiger partial charge >= 0.3 is 8.25 Å². The van der Waals surface area contributed by atoms with Crippen LogP contribution in [0.3, 0.4) is 0 Å². The van der Waals surface area contributed by atoms with Crippen molar-refractivity contribution in [1.29, 1.82) is 0 Å². The summed E-state index contributed by atoms with van der Waals surface area (Å²) in [4.78, 5) is 8.90. The van der Waals surface area contributed by atoms with Crippen molar-refractivity contribution in [2.24, 2.45) is 0 Å². The summed E-state index contributed by atoms with van der Waals surface area (Å²) in [5, 5.41) is 31.1. The van der Waals surface area contributed by atoms with Crippen LogP contribution in [0.2, 0.25) is 0 Å². The number of benzene rings is 2. The summed E-state index contributed by atoms with van der Waals surface area (Å²) in [6, 6.07) is 11.5. The number of rotatable bonds is 7. The minimum absolute atomic E-state index is 0.399. The average Bonchev–Trinajstić information content (AvgIpc) is 2.82. The van der Waals surface area contributed by atoms with Crippen molar-refractivity contribution in [3.05, 3.63) is 58.7 Å². The highest BCUT2D eigenvalue weighted by atomic mass is 31.1. The van der Waals surface area contributed by atoms with Gasteiger partial charge in [0, 0.05) is 4.57 Å². The maximum Gasteiger partial charge on any atom is 0.694 e. The van der Waals surface area contributed by atoms with Gasteiger partial charge in [0.1, 0.15) is 50.3 Å². The van der Waals surface area contributed by atoms with Crippen molar-refractivity contribution in [2.75, 3.05) is 19.8 Å². The first-order chi connectivity index (χ1) is 15.9. The lowest BCUT2D eigenvalue weighted by molar-refractivity contribution is -0.230. The Morgan fingerprint density at radius 3 is 2.45 bits per heavy atom. The highest BCUT2D eigenvalue weighted by molar-refractivity contribution is 7.32. The van der Waals surface area contributed by atoms with Crippen molar-refractivity contribution in [2.45, 2.75) is 50.3 Å². The van der Waals surface area contributed by atoms with Gasteiger partial charge in [-0.1, -0.05) is 31.2 Å². The van der Waals surface area contributed by atoms with E-state index in [-0.39, 0.29) is 0 Å². The topological polar surface area (TPSA) is 135 Å². The van der Waals surface area contributed by atoms with E-state index in [1.165, 1.54) is 0 Å². The lowest BCUT2D eigenvalue weighted by atomic mass is 9.88. The van der Waals surface area contributed by atoms with Crippen LogP contribution in [-0.4, -0.2) is 64.4 Å². The minimum atomic E-state index is -2.89. The monoisotopic (exact) mass is 479 g/mol. The van der Waals surface area contributed by atoms with Crippen molar-refractivity contribution in [3.63, 3.8) is 0 Å². The fourth-order valence-corrected chi connectivity index (χ4v) is 4.53. The normalized spacial score (nSPS) is 27.3. The zero-order valence-electron chi connectivity index (χ0n) is 18.2. The van der Waals surface area contributed by atoms with Crippen molar-refractivity contribution in [1.82, 2.24) is 0 Å². The average molecular weight is 479 g/mol. The molecule has 0 bridgehead atoms. The van der Waals surface area contributed by atoms with Gasteiger partial charge in [-0.2, -0.15) is 0 Å². The Morgan fingerprint density at radius 2 is 1.73 bits per heavy atom. The van der Waals surface area contributed by atoms with Gasteiger partial charge in [-0.05, 0) is 47.2 Å². The Morgan fingerprint density at radius 1 is 0.970 bits per heavy atom. The zero-order chi connectivity index (χ0) is 23.5. The van der Waals surface area contributed by atoms with Gasteiger partial charge in [0.15, 0.2) is 11.5 Å². The number of aliphatic hydroxyl groups is 3. The summed E-state index contributed by atoms with van der Waals surface area (Å²) in [5.41, 5.74) is 3.80. The molecule has 2 aromatic carbocycles. The molecule has 2 aromatic rings. The molecule has 1 fully saturated rings. The van der Waals surface area contributed by atoms with E-state index < -0.39 is 45.4 Å². The number of ether oxygens (including phenoxy) is 3. The molecule has 0 spiro atoms. The SMILES string of the molecule is CCc1ccc([C@@H]2O[C@H](CO[P+](=O)O)[C@@H](O)[C@H](O)[C@H]2O)cc1Cc1ccc2c(c1)OCCO2. The molecule has 178 valence electrons. The quantitative estimate of drug-likeness (QED) is 0.439. The van der Waals surface area contributed by atoms with E-state index in [2.05, 4.69) is 11.4 Å². The lowest BCUT2D eigenvalue weighted by Gasteiger charge is -2.40. The molecule has 0 aliphatic carbocycles. The van der Waals surface area contributed by atoms with Gasteiger partial charge in [-0.15, -0.1) is 9.42 Å². The number of fused-ring (bicyclic) bond motifs is 1. The van der Waals surface area contributed by atoms with Crippen LogP contribution >= 0.6 is 8.25 Å². The molecular weight excluding hydrogens is 451 g/mol. The van der Waals surface area contributed by atoms with Gasteiger partial charge in [-0.3, -0.25) is 0 Å². The highest BCUT2D eigenvalue weighted by Crippen LogP contribution is 2.36. The van der Waals surface area contributed by atoms with E-state index in [0.29, 0.717) is 30.9 Å². The zero-order valence-corrected chi connectivity index (χ0v) is 19.1. The fraction of sp³-hybridized carbons (Fsp3) is 0.478. The second-order valence-corrected chi connectivity index (χ2v) is 8.87. The molecule has 1 saturated heterocycles. The van der Waals surface area contributed by atoms with Crippen LogP contribution in [0.5, 0.6) is 11.5 Å². The first kappa shape index (κ1) is 24.0. The van der Waals surface area contributed by atoms with Crippen LogP contribution in [0.4, 0.5) is 0 Å². The number of hydrogen-bond acceptors (Lipinski definition) is 8. The summed E-state index contributed by atoms with van der Waals surface area (Å²) in [7, 11) is -2.89. The second-order valence-electron chi connectivity index (χ2n) is 8.14. The van der Waals surface area contributed by atoms with Gasteiger partial charge < -0.3 is 29.5 Å². The van der Waals surface area contributed by atoms with Gasteiger partial charge in [0.05, 0.1) is 0 Å². The summed E-state index contributed by atoms with van der Waals surface area (Å²) >= 11 is 0. The van der Waals surface area contributed by atoms with E-state index in [4.69, 9.17) is 19.1 Å². The molecule has 2 heterocycles. The lowest BCUT2D eigenvalue weighted by Crippen LogP contribution is -2.55. The molecule has 6 atom stereocenters. The molecule has 4 N–H and O–H groups in total. The Labute approximate surface area is 192 Å². The Bertz CT molecular complexity index is 998. The third kappa shape index (κ3) is 5.36. The molecule has 0 saturated carbocycles. The molecule has 2 aliphatic heterocycles. The summed E-state index contributed by atoms with van der Waals surface area (Å²) in [6.45, 7) is 2.69. The van der Waals surface area contributed by atoms with E-state index in [0.717, 1.165) is 28.9 Å². The predicted molar refractivity (Wildman–Crippen MR) is 117 cm³/mol. The van der Waals surface area contributed by atoms with Crippen LogP contribution in [0, 0.1) is 0 Å². The molecular formula is C23H28O9P+. The number of hydrogen-bond donors (Lipinski definition) is 4. The Hall–Kier alpha value is -2.10. The largest absolute Gasteiger partial charge is 0.694 e. The van der Waals surface area contributed by atoms with E-state index >= 15 is 0 Å². The van der Waals surface area contributed by atoms with Gasteiger partial charge in [-0.25, -0.2) is 0 Å². The van der Waals surface area contributed by atoms with Crippen LogP contribution in [-0.2, 0) is 26.7 Å². The van der Waals surface area contributed by atoms with Gasteiger partial charge in [0.2, 0.25) is 0 Å². The molecule has 0 radical (unpaired) electrons. The predicted octanol–water partition coefficient (Wildman–Crippen LogP) is 1.80. The standard InChI is InChI=1S/C23H27O9P/c1-2-14-4-5-15(23-22(26)21(25)20(24)19(32-23)12-31-33(27)28)11-16(14)9-13-3-6-17-18(10-13)30-8-7-29-17/h3-6,10-11,19-26H,2,7-9,12H2,1H3/p+1/t19-,20-,21+,22-,23+/m1/s1. The van der Waals surface area contributed by atoms with Crippen LogP contribution < -0.4 is 9.47 Å². The van der Waals surface area contributed by atoms with Crippen LogP contribution in [0.1, 0.15) is 35.3 Å². The first-order valence-corrected chi connectivity index (χ1v) is 12.0. The Balaban J connectivity index is 1.59. The second kappa shape index (κ2) is 10.4. The van der Waals surface area contributed by atoms with Crippen molar-refractivity contribution >= 4 is 8.25 Å². The minimum Gasteiger partial charge on any atom is -0.486 e. The molecule has 10 heteroatoms. The van der Waals surface area contributed by atoms with Gasteiger partial charge in [0.25, 0.3) is 0 Å². The third-order valence-corrected chi connectivity index (χ3v) is 6.37. The molecule has 0 aromatic heterocycles. The first-order valence-electron chi connectivity index (χ1n) is 10.9. The molecule has 9 nitrogen and oxygen atoms in total. The molecule has 1 unspecified atom stereocenters. The molecule has 4 rings (SSSR count). The van der Waals surface area contributed by atoms with Crippen molar-refractivity contribution < 1.29 is 43.5 Å². The third-order valence-electron chi connectivity index (χ3n) is 6.00. The molecule has 2 aliphatic rings. The number of aliphatic hydroxyl groups excluding tert-OH is 3. The van der Waals surface area contributed by atoms with E-state index in [9.17, 15) is 19.9 Å². The Kier molecular flexibility index (Phi) is 7.61. The highest BCUT2D eigenvalue weighted by Gasteiger charge is 2.45. The van der Waals surface area contributed by atoms with E-state index in [1.54, 1.807) is 0 Å². The summed E-state index contributed by atoms with van der Waals surface area (Å²) in [6.07, 6.45) is -4.95. The summed E-state index contributed by atoms with van der Waals surface area (Å²) in [5.74, 6) is 1.43. The molecule has 0 amide bonds. The molecule has 33 heavy (non-hydrogen) atoms. The van der Waals surface area contributed by atoms with Crippen LogP contribution in [0.15, 0.2) is 36.4 Å². The smallest absolute Gasteiger partial charge is 0.486 e.